The molecular formula is C10H10BrN3. The standard InChI is InChI=1S/C10H10BrN3/c11-9-8-4-3-7(12)5-14(8)10(13-9)6-1-2-6/h3-6H,1-2,12H2. The number of hydrogen-bond donors (Lipinski definition) is 1. The number of nitrogens with zero attached hydrogens (tertiary/aromatic N) is 2. The molecule has 4 heteroatoms. The molecule has 0 aliphatic heterocycles. The summed E-state index contributed by atoms with van der Waals surface area (Å²) in [4.78, 5) is 4.52. The Balaban J connectivity index is 2.33. The zero-order valence-electron chi connectivity index (χ0n) is 7.57. The van der Waals surface area contributed by atoms with Crippen LogP contribution in [0.2, 0.25) is 0 Å². The van der Waals surface area contributed by atoms with E-state index in [-0.39, 0.29) is 0 Å². The maximum atomic E-state index is 5.76. The van der Waals surface area contributed by atoms with Gasteiger partial charge in [-0.25, -0.2) is 4.98 Å². The van der Waals surface area contributed by atoms with Crippen LogP contribution in [-0.4, -0.2) is 9.38 Å². The Hall–Kier alpha value is -1.03. The summed E-state index contributed by atoms with van der Waals surface area (Å²) in [5.74, 6) is 1.77. The van der Waals surface area contributed by atoms with Gasteiger partial charge in [-0.15, -0.1) is 0 Å². The second-order valence-corrected chi connectivity index (χ2v) is 4.50. The molecule has 0 aromatic carbocycles. The van der Waals surface area contributed by atoms with E-state index in [1.807, 2.05) is 18.3 Å². The van der Waals surface area contributed by atoms with E-state index in [1.54, 1.807) is 0 Å². The van der Waals surface area contributed by atoms with Crippen LogP contribution in [0.25, 0.3) is 5.52 Å². The van der Waals surface area contributed by atoms with E-state index in [2.05, 4.69) is 25.3 Å². The minimum atomic E-state index is 0.635. The van der Waals surface area contributed by atoms with Crippen LogP contribution in [0.5, 0.6) is 0 Å². The third-order valence-electron chi connectivity index (χ3n) is 2.58. The Bertz CT molecular complexity index is 499. The van der Waals surface area contributed by atoms with Gasteiger partial charge in [-0.05, 0) is 40.9 Å². The molecule has 3 nitrogen and oxygen atoms in total. The van der Waals surface area contributed by atoms with Crippen molar-refractivity contribution in [3.63, 3.8) is 0 Å². The lowest BCUT2D eigenvalue weighted by Gasteiger charge is -1.99. The van der Waals surface area contributed by atoms with Crippen molar-refractivity contribution in [3.05, 3.63) is 28.8 Å². The first-order chi connectivity index (χ1) is 6.75. The fraction of sp³-hybridized carbons (Fsp3) is 0.300. The third kappa shape index (κ3) is 1.14. The summed E-state index contributed by atoms with van der Waals surface area (Å²) in [6, 6.07) is 3.90. The fourth-order valence-corrected chi connectivity index (χ4v) is 2.22. The molecule has 2 N–H and O–H groups in total. The molecule has 3 rings (SSSR count). The third-order valence-corrected chi connectivity index (χ3v) is 3.17. The van der Waals surface area contributed by atoms with Crippen LogP contribution >= 0.6 is 15.9 Å². The molecule has 0 saturated heterocycles. The Morgan fingerprint density at radius 2 is 2.21 bits per heavy atom. The monoisotopic (exact) mass is 251 g/mol. The Morgan fingerprint density at radius 3 is 2.93 bits per heavy atom. The van der Waals surface area contributed by atoms with E-state index in [0.29, 0.717) is 5.92 Å². The fourth-order valence-electron chi connectivity index (χ4n) is 1.72. The highest BCUT2D eigenvalue weighted by Crippen LogP contribution is 2.40. The summed E-state index contributed by atoms with van der Waals surface area (Å²) in [6.07, 6.45) is 4.45. The lowest BCUT2D eigenvalue weighted by atomic mass is 10.3. The van der Waals surface area contributed by atoms with Crippen LogP contribution in [0.3, 0.4) is 0 Å². The molecule has 72 valence electrons. The Labute approximate surface area is 90.1 Å². The van der Waals surface area contributed by atoms with Gasteiger partial charge in [-0.1, -0.05) is 0 Å². The van der Waals surface area contributed by atoms with Gasteiger partial charge in [0.05, 0.1) is 5.52 Å². The zero-order valence-corrected chi connectivity index (χ0v) is 9.16. The maximum absolute atomic E-state index is 5.76. The molecule has 14 heavy (non-hydrogen) atoms. The summed E-state index contributed by atoms with van der Waals surface area (Å²) >= 11 is 3.47. The molecule has 0 unspecified atom stereocenters. The van der Waals surface area contributed by atoms with E-state index in [0.717, 1.165) is 21.6 Å². The van der Waals surface area contributed by atoms with Gasteiger partial charge in [-0.3, -0.25) is 0 Å². The van der Waals surface area contributed by atoms with Crippen molar-refractivity contribution in [2.24, 2.45) is 0 Å². The van der Waals surface area contributed by atoms with Crippen molar-refractivity contribution in [1.29, 1.82) is 0 Å². The van der Waals surface area contributed by atoms with Crippen molar-refractivity contribution < 1.29 is 0 Å². The van der Waals surface area contributed by atoms with E-state index in [4.69, 9.17) is 5.73 Å². The van der Waals surface area contributed by atoms with Gasteiger partial charge in [0.25, 0.3) is 0 Å². The summed E-state index contributed by atoms with van der Waals surface area (Å²) in [5.41, 5.74) is 7.64. The number of halogens is 1. The second kappa shape index (κ2) is 2.73. The molecule has 2 heterocycles. The van der Waals surface area contributed by atoms with E-state index in [1.165, 1.54) is 12.8 Å². The summed E-state index contributed by atoms with van der Waals surface area (Å²) in [5, 5.41) is 0. The largest absolute Gasteiger partial charge is 0.398 e. The van der Waals surface area contributed by atoms with Crippen LogP contribution in [-0.2, 0) is 0 Å². The van der Waals surface area contributed by atoms with Gasteiger partial charge in [0.1, 0.15) is 10.4 Å². The number of anilines is 1. The molecule has 0 bridgehead atoms. The maximum Gasteiger partial charge on any atom is 0.132 e. The van der Waals surface area contributed by atoms with Gasteiger partial charge in [0.15, 0.2) is 0 Å². The number of pyridine rings is 1. The summed E-state index contributed by atoms with van der Waals surface area (Å²) in [6.45, 7) is 0. The van der Waals surface area contributed by atoms with Crippen LogP contribution < -0.4 is 5.73 Å². The molecule has 1 fully saturated rings. The van der Waals surface area contributed by atoms with Crippen molar-refractivity contribution in [1.82, 2.24) is 9.38 Å². The number of nitrogens with two attached hydrogens (primary N) is 1. The zero-order chi connectivity index (χ0) is 9.71. The number of aromatic nitrogens is 2. The van der Waals surface area contributed by atoms with Crippen LogP contribution in [0.4, 0.5) is 5.69 Å². The second-order valence-electron chi connectivity index (χ2n) is 3.75. The molecule has 0 atom stereocenters. The molecular weight excluding hydrogens is 242 g/mol. The Morgan fingerprint density at radius 1 is 1.43 bits per heavy atom. The first-order valence-electron chi connectivity index (χ1n) is 4.68. The molecule has 0 amide bonds. The number of nitrogen functional groups attached to an aromatic ring is 1. The normalized spacial score (nSPS) is 16.4. The lowest BCUT2D eigenvalue weighted by Crippen LogP contribution is -1.94. The first kappa shape index (κ1) is 8.29. The highest BCUT2D eigenvalue weighted by Gasteiger charge is 2.28. The molecule has 2 aromatic heterocycles. The Kier molecular flexibility index (Phi) is 1.62. The predicted molar refractivity (Wildman–Crippen MR) is 59.3 cm³/mol. The quantitative estimate of drug-likeness (QED) is 0.847. The predicted octanol–water partition coefficient (Wildman–Crippen LogP) is 2.56. The number of fused-ring (bicyclic) bond motifs is 1. The van der Waals surface area contributed by atoms with Crippen LogP contribution in [0, 0.1) is 0 Å². The first-order valence-corrected chi connectivity index (χ1v) is 5.48. The molecule has 0 radical (unpaired) electrons. The molecule has 2 aromatic rings. The smallest absolute Gasteiger partial charge is 0.132 e. The number of rotatable bonds is 1. The van der Waals surface area contributed by atoms with E-state index < -0.39 is 0 Å². The topological polar surface area (TPSA) is 43.3 Å². The average molecular weight is 252 g/mol. The van der Waals surface area contributed by atoms with Crippen LogP contribution in [0.1, 0.15) is 24.6 Å². The van der Waals surface area contributed by atoms with E-state index >= 15 is 0 Å². The van der Waals surface area contributed by atoms with Crippen LogP contribution in [0.15, 0.2) is 22.9 Å². The van der Waals surface area contributed by atoms with Gasteiger partial charge < -0.3 is 10.1 Å². The van der Waals surface area contributed by atoms with Crippen molar-refractivity contribution in [2.75, 3.05) is 5.73 Å². The van der Waals surface area contributed by atoms with Gasteiger partial charge in [0, 0.05) is 17.8 Å². The number of imidazole rings is 1. The van der Waals surface area contributed by atoms with E-state index in [9.17, 15) is 0 Å². The minimum absolute atomic E-state index is 0.635. The molecule has 1 saturated carbocycles. The SMILES string of the molecule is Nc1ccc2c(Br)nc(C3CC3)n2c1. The average Bonchev–Trinajstić information content (AvgIpc) is 2.93. The molecule has 1 aliphatic carbocycles. The molecule has 0 spiro atoms. The minimum Gasteiger partial charge on any atom is -0.398 e. The highest BCUT2D eigenvalue weighted by atomic mass is 79.9. The summed E-state index contributed by atoms with van der Waals surface area (Å²) in [7, 11) is 0. The summed E-state index contributed by atoms with van der Waals surface area (Å²) < 4.78 is 3.01. The molecule has 1 aliphatic rings. The van der Waals surface area contributed by atoms with Gasteiger partial charge in [0.2, 0.25) is 0 Å². The van der Waals surface area contributed by atoms with Gasteiger partial charge >= 0.3 is 0 Å². The number of hydrogen-bond acceptors (Lipinski definition) is 2. The van der Waals surface area contributed by atoms with Crippen molar-refractivity contribution >= 4 is 27.1 Å². The lowest BCUT2D eigenvalue weighted by molar-refractivity contribution is 0.919. The highest BCUT2D eigenvalue weighted by molar-refractivity contribution is 9.10. The van der Waals surface area contributed by atoms with Crippen molar-refractivity contribution in [2.45, 2.75) is 18.8 Å². The van der Waals surface area contributed by atoms with Gasteiger partial charge in [-0.2, -0.15) is 0 Å². The van der Waals surface area contributed by atoms with Crippen molar-refractivity contribution in [3.8, 4) is 0 Å².